The van der Waals surface area contributed by atoms with E-state index in [-0.39, 0.29) is 11.8 Å². The SMILES string of the molecule is CCC(Oc1ccccc1)C(=O)Nc1ccc(CC(=O)N(C)C)cc1. The number of rotatable bonds is 7. The number of carbonyl (C=O) groups is 2. The lowest BCUT2D eigenvalue weighted by molar-refractivity contribution is -0.128. The number of para-hydroxylation sites is 1. The van der Waals surface area contributed by atoms with Crippen LogP contribution in [0, 0.1) is 0 Å². The van der Waals surface area contributed by atoms with Gasteiger partial charge in [-0.1, -0.05) is 37.3 Å². The first kappa shape index (κ1) is 18.5. The molecule has 0 spiro atoms. The summed E-state index contributed by atoms with van der Waals surface area (Å²) in [4.78, 5) is 25.7. The number of hydrogen-bond donors (Lipinski definition) is 1. The maximum Gasteiger partial charge on any atom is 0.265 e. The van der Waals surface area contributed by atoms with Crippen molar-refractivity contribution in [2.24, 2.45) is 0 Å². The summed E-state index contributed by atoms with van der Waals surface area (Å²) >= 11 is 0. The Balaban J connectivity index is 1.95. The fraction of sp³-hybridized carbons (Fsp3) is 0.300. The Bertz CT molecular complexity index is 697. The molecule has 0 saturated carbocycles. The van der Waals surface area contributed by atoms with Crippen LogP contribution in [0.25, 0.3) is 0 Å². The van der Waals surface area contributed by atoms with Gasteiger partial charge in [0.25, 0.3) is 5.91 Å². The predicted molar refractivity (Wildman–Crippen MR) is 98.6 cm³/mol. The molecule has 0 fully saturated rings. The van der Waals surface area contributed by atoms with E-state index in [2.05, 4.69) is 5.32 Å². The molecule has 0 saturated heterocycles. The van der Waals surface area contributed by atoms with Crippen molar-refractivity contribution in [3.05, 3.63) is 60.2 Å². The quantitative estimate of drug-likeness (QED) is 0.842. The molecule has 0 heterocycles. The first-order chi connectivity index (χ1) is 12.0. The van der Waals surface area contributed by atoms with Crippen molar-refractivity contribution in [3.8, 4) is 5.75 Å². The van der Waals surface area contributed by atoms with Gasteiger partial charge in [-0.05, 0) is 36.2 Å². The van der Waals surface area contributed by atoms with Crippen molar-refractivity contribution in [3.63, 3.8) is 0 Å². The van der Waals surface area contributed by atoms with E-state index in [1.165, 1.54) is 0 Å². The third kappa shape index (κ3) is 5.64. The van der Waals surface area contributed by atoms with Crippen molar-refractivity contribution in [2.45, 2.75) is 25.9 Å². The molecule has 2 amide bonds. The largest absolute Gasteiger partial charge is 0.481 e. The van der Waals surface area contributed by atoms with Crippen molar-refractivity contribution >= 4 is 17.5 Å². The molecule has 0 aliphatic heterocycles. The average Bonchev–Trinajstić information content (AvgIpc) is 2.62. The topological polar surface area (TPSA) is 58.6 Å². The van der Waals surface area contributed by atoms with Crippen molar-refractivity contribution in [1.82, 2.24) is 4.90 Å². The highest BCUT2D eigenvalue weighted by Gasteiger charge is 2.18. The van der Waals surface area contributed by atoms with Crippen molar-refractivity contribution in [1.29, 1.82) is 0 Å². The van der Waals surface area contributed by atoms with Gasteiger partial charge in [-0.25, -0.2) is 0 Å². The van der Waals surface area contributed by atoms with Crippen LogP contribution in [0.15, 0.2) is 54.6 Å². The van der Waals surface area contributed by atoms with Gasteiger partial charge in [-0.3, -0.25) is 9.59 Å². The summed E-state index contributed by atoms with van der Waals surface area (Å²) < 4.78 is 5.74. The van der Waals surface area contributed by atoms with Gasteiger partial charge in [0.1, 0.15) is 5.75 Å². The fourth-order valence-corrected chi connectivity index (χ4v) is 2.25. The van der Waals surface area contributed by atoms with Crippen LogP contribution in [0.5, 0.6) is 5.75 Å². The number of carbonyl (C=O) groups excluding carboxylic acids is 2. The highest BCUT2D eigenvalue weighted by molar-refractivity contribution is 5.94. The lowest BCUT2D eigenvalue weighted by atomic mass is 10.1. The lowest BCUT2D eigenvalue weighted by Gasteiger charge is -2.17. The number of nitrogens with zero attached hydrogens (tertiary/aromatic N) is 1. The first-order valence-corrected chi connectivity index (χ1v) is 8.31. The molecule has 2 rings (SSSR count). The summed E-state index contributed by atoms with van der Waals surface area (Å²) in [6.45, 7) is 1.91. The predicted octanol–water partition coefficient (Wildman–Crippen LogP) is 3.11. The minimum absolute atomic E-state index is 0.0408. The second-order valence-electron chi connectivity index (χ2n) is 5.98. The van der Waals surface area contributed by atoms with Gasteiger partial charge in [0.15, 0.2) is 6.10 Å². The second kappa shape index (κ2) is 8.87. The molecule has 0 aromatic heterocycles. The molecule has 2 aromatic rings. The number of ether oxygens (including phenoxy) is 1. The van der Waals surface area contributed by atoms with Crippen LogP contribution in [0.3, 0.4) is 0 Å². The molecule has 5 heteroatoms. The molecule has 1 unspecified atom stereocenters. The molecule has 0 bridgehead atoms. The van der Waals surface area contributed by atoms with Gasteiger partial charge in [0.05, 0.1) is 6.42 Å². The Morgan fingerprint density at radius 1 is 1.04 bits per heavy atom. The molecule has 5 nitrogen and oxygen atoms in total. The van der Waals surface area contributed by atoms with Crippen LogP contribution in [-0.4, -0.2) is 36.9 Å². The zero-order valence-electron chi connectivity index (χ0n) is 14.9. The number of hydrogen-bond acceptors (Lipinski definition) is 3. The smallest absolute Gasteiger partial charge is 0.265 e. The normalized spacial score (nSPS) is 11.5. The molecular formula is C20H24N2O3. The van der Waals surface area contributed by atoms with Gasteiger partial charge in [0.2, 0.25) is 5.91 Å². The number of amides is 2. The Kier molecular flexibility index (Phi) is 6.57. The first-order valence-electron chi connectivity index (χ1n) is 8.31. The van der Waals surface area contributed by atoms with Gasteiger partial charge in [-0.2, -0.15) is 0 Å². The van der Waals surface area contributed by atoms with E-state index < -0.39 is 6.10 Å². The van der Waals surface area contributed by atoms with E-state index in [1.54, 1.807) is 31.1 Å². The van der Waals surface area contributed by atoms with E-state index in [0.29, 0.717) is 24.3 Å². The standard InChI is InChI=1S/C20H24N2O3/c1-4-18(25-17-8-6-5-7-9-17)20(24)21-16-12-10-15(11-13-16)14-19(23)22(2)3/h5-13,18H,4,14H2,1-3H3,(H,21,24). The molecule has 1 N–H and O–H groups in total. The molecule has 1 atom stereocenters. The highest BCUT2D eigenvalue weighted by Crippen LogP contribution is 2.15. The van der Waals surface area contributed by atoms with E-state index in [1.807, 2.05) is 49.4 Å². The average molecular weight is 340 g/mol. The second-order valence-corrected chi connectivity index (χ2v) is 5.98. The van der Waals surface area contributed by atoms with Gasteiger partial charge in [0, 0.05) is 19.8 Å². The molecule has 132 valence electrons. The molecule has 25 heavy (non-hydrogen) atoms. The summed E-state index contributed by atoms with van der Waals surface area (Å²) in [6, 6.07) is 16.6. The van der Waals surface area contributed by atoms with Gasteiger partial charge in [-0.15, -0.1) is 0 Å². The zero-order valence-corrected chi connectivity index (χ0v) is 14.9. The maximum atomic E-state index is 12.4. The summed E-state index contributed by atoms with van der Waals surface area (Å²) in [5.41, 5.74) is 1.59. The Morgan fingerprint density at radius 3 is 2.24 bits per heavy atom. The Hall–Kier alpha value is -2.82. The molecule has 0 aliphatic rings. The van der Waals surface area contributed by atoms with Crippen LogP contribution in [0.2, 0.25) is 0 Å². The van der Waals surface area contributed by atoms with E-state index >= 15 is 0 Å². The molecule has 0 radical (unpaired) electrons. The maximum absolute atomic E-state index is 12.4. The summed E-state index contributed by atoms with van der Waals surface area (Å²) in [7, 11) is 3.46. The number of nitrogens with one attached hydrogen (secondary N) is 1. The van der Waals surface area contributed by atoms with Gasteiger partial charge >= 0.3 is 0 Å². The molecular weight excluding hydrogens is 316 g/mol. The van der Waals surface area contributed by atoms with Crippen LogP contribution >= 0.6 is 0 Å². The molecule has 0 aliphatic carbocycles. The lowest BCUT2D eigenvalue weighted by Crippen LogP contribution is -2.32. The third-order valence-electron chi connectivity index (χ3n) is 3.76. The van der Waals surface area contributed by atoms with Crippen molar-refractivity contribution in [2.75, 3.05) is 19.4 Å². The summed E-state index contributed by atoms with van der Waals surface area (Å²) in [6.07, 6.45) is 0.351. The monoisotopic (exact) mass is 340 g/mol. The van der Waals surface area contributed by atoms with E-state index in [4.69, 9.17) is 4.74 Å². The van der Waals surface area contributed by atoms with Crippen LogP contribution in [0.4, 0.5) is 5.69 Å². The minimum atomic E-state index is -0.558. The Labute approximate surface area is 148 Å². The summed E-state index contributed by atoms with van der Waals surface area (Å²) in [5, 5.41) is 2.86. The highest BCUT2D eigenvalue weighted by atomic mass is 16.5. The number of anilines is 1. The molecule has 2 aromatic carbocycles. The van der Waals surface area contributed by atoms with E-state index in [9.17, 15) is 9.59 Å². The van der Waals surface area contributed by atoms with Crippen molar-refractivity contribution < 1.29 is 14.3 Å². The van der Waals surface area contributed by atoms with Crippen LogP contribution in [-0.2, 0) is 16.0 Å². The van der Waals surface area contributed by atoms with Gasteiger partial charge < -0.3 is 15.0 Å². The number of benzene rings is 2. The van der Waals surface area contributed by atoms with Crippen LogP contribution < -0.4 is 10.1 Å². The third-order valence-corrected chi connectivity index (χ3v) is 3.76. The number of likely N-dealkylation sites (N-methyl/N-ethyl adjacent to an activating group) is 1. The minimum Gasteiger partial charge on any atom is -0.481 e. The Morgan fingerprint density at radius 2 is 1.68 bits per heavy atom. The fourth-order valence-electron chi connectivity index (χ4n) is 2.25. The van der Waals surface area contributed by atoms with E-state index in [0.717, 1.165) is 5.56 Å². The zero-order chi connectivity index (χ0) is 18.2. The van der Waals surface area contributed by atoms with Crippen LogP contribution in [0.1, 0.15) is 18.9 Å². The summed E-state index contributed by atoms with van der Waals surface area (Å²) in [5.74, 6) is 0.518.